The van der Waals surface area contributed by atoms with Crippen molar-refractivity contribution in [3.05, 3.63) is 33.2 Å². The van der Waals surface area contributed by atoms with Crippen molar-refractivity contribution in [2.24, 2.45) is 5.92 Å². The van der Waals surface area contributed by atoms with E-state index >= 15 is 0 Å². The predicted molar refractivity (Wildman–Crippen MR) is 97.3 cm³/mol. The fourth-order valence-corrected chi connectivity index (χ4v) is 2.67. The highest BCUT2D eigenvalue weighted by atomic mass is 32.1. The molecule has 1 heterocycles. The molecule has 3 N–H and O–H groups in total. The number of unbranched alkanes of at least 4 members (excludes halogenated alkanes) is 1. The first-order chi connectivity index (χ1) is 10.5. The molecule has 1 aromatic heterocycles. The normalized spacial score (nSPS) is 12.0. The van der Waals surface area contributed by atoms with Crippen LogP contribution in [0, 0.1) is 19.8 Å². The van der Waals surface area contributed by atoms with Crippen molar-refractivity contribution in [3.63, 3.8) is 0 Å². The van der Waals surface area contributed by atoms with Crippen molar-refractivity contribution >= 4 is 17.3 Å². The van der Waals surface area contributed by atoms with Crippen LogP contribution in [0.15, 0.2) is 10.9 Å². The lowest BCUT2D eigenvalue weighted by atomic mass is 9.99. The maximum Gasteiger partial charge on any atom is 0.253 e. The first kappa shape index (κ1) is 18.7. The maximum atomic E-state index is 11.9. The minimum Gasteiger partial charge on any atom is -0.362 e. The first-order valence-corrected chi connectivity index (χ1v) is 8.59. The van der Waals surface area contributed by atoms with E-state index in [0.29, 0.717) is 17.6 Å². The summed E-state index contributed by atoms with van der Waals surface area (Å²) in [4.78, 5) is 14.8. The number of pyridine rings is 1. The number of hydrogen-bond donors (Lipinski definition) is 3. The minimum atomic E-state index is -0.0396. The van der Waals surface area contributed by atoms with Gasteiger partial charge in [0.2, 0.25) is 0 Å². The van der Waals surface area contributed by atoms with E-state index in [1.54, 1.807) is 0 Å². The van der Waals surface area contributed by atoms with Gasteiger partial charge in [-0.15, -0.1) is 0 Å². The van der Waals surface area contributed by atoms with Gasteiger partial charge in [0, 0.05) is 24.3 Å². The zero-order valence-corrected chi connectivity index (χ0v) is 15.0. The Hall–Kier alpha value is -1.36. The molecule has 22 heavy (non-hydrogen) atoms. The Kier molecular flexibility index (Phi) is 8.17. The molecule has 0 aromatic carbocycles. The van der Waals surface area contributed by atoms with Gasteiger partial charge in [-0.25, -0.2) is 0 Å². The molecule has 0 unspecified atom stereocenters. The average molecular weight is 324 g/mol. The summed E-state index contributed by atoms with van der Waals surface area (Å²) in [5.74, 6) is 0.657. The molecule has 4 nitrogen and oxygen atoms in total. The van der Waals surface area contributed by atoms with Crippen molar-refractivity contribution in [2.45, 2.75) is 59.9 Å². The van der Waals surface area contributed by atoms with E-state index in [0.717, 1.165) is 29.8 Å². The summed E-state index contributed by atoms with van der Waals surface area (Å²) in [6.07, 6.45) is 4.89. The lowest BCUT2D eigenvalue weighted by molar-refractivity contribution is 0.445. The van der Waals surface area contributed by atoms with Crippen LogP contribution >= 0.6 is 12.2 Å². The summed E-state index contributed by atoms with van der Waals surface area (Å²) in [6.45, 7) is 9.62. The molecule has 0 saturated heterocycles. The van der Waals surface area contributed by atoms with Crippen molar-refractivity contribution in [3.8, 4) is 0 Å². The van der Waals surface area contributed by atoms with Crippen LogP contribution in [0.5, 0.6) is 0 Å². The molecule has 5 heteroatoms. The molecule has 1 rings (SSSR count). The Balaban J connectivity index is 2.45. The predicted octanol–water partition coefficient (Wildman–Crippen LogP) is 3.17. The highest BCUT2D eigenvalue weighted by Crippen LogP contribution is 2.11. The second-order valence-electron chi connectivity index (χ2n) is 5.92. The van der Waals surface area contributed by atoms with Crippen LogP contribution < -0.4 is 16.2 Å². The fourth-order valence-electron chi connectivity index (χ4n) is 2.51. The molecule has 0 spiro atoms. The zero-order valence-electron chi connectivity index (χ0n) is 14.2. The van der Waals surface area contributed by atoms with E-state index < -0.39 is 0 Å². The van der Waals surface area contributed by atoms with E-state index in [4.69, 9.17) is 12.2 Å². The van der Waals surface area contributed by atoms with Crippen molar-refractivity contribution in [1.29, 1.82) is 0 Å². The molecule has 0 amide bonds. The number of aromatic nitrogens is 1. The summed E-state index contributed by atoms with van der Waals surface area (Å²) < 4.78 is 0. The van der Waals surface area contributed by atoms with E-state index in [2.05, 4.69) is 29.5 Å². The van der Waals surface area contributed by atoms with Gasteiger partial charge in [0.15, 0.2) is 5.11 Å². The van der Waals surface area contributed by atoms with Crippen LogP contribution in [-0.4, -0.2) is 16.6 Å². The molecular formula is C17H29N3OS. The fraction of sp³-hybridized carbons (Fsp3) is 0.647. The lowest BCUT2D eigenvalue weighted by Gasteiger charge is -2.17. The minimum absolute atomic E-state index is 0.0396. The second kappa shape index (κ2) is 9.62. The van der Waals surface area contributed by atoms with Gasteiger partial charge in [-0.2, -0.15) is 0 Å². The SMILES string of the molecule is CCCC[C@H](CC)CNC(=S)NCc1c(C)cc(C)[nH]c1=O. The van der Waals surface area contributed by atoms with Gasteiger partial charge < -0.3 is 15.6 Å². The highest BCUT2D eigenvalue weighted by molar-refractivity contribution is 7.80. The van der Waals surface area contributed by atoms with Crippen LogP contribution in [0.3, 0.4) is 0 Å². The summed E-state index contributed by atoms with van der Waals surface area (Å²) >= 11 is 5.31. The molecule has 0 aliphatic heterocycles. The van der Waals surface area contributed by atoms with Crippen LogP contribution in [-0.2, 0) is 6.54 Å². The number of nitrogens with one attached hydrogen (secondary N) is 3. The second-order valence-corrected chi connectivity index (χ2v) is 6.33. The molecule has 0 aliphatic carbocycles. The summed E-state index contributed by atoms with van der Waals surface area (Å²) in [7, 11) is 0. The highest BCUT2D eigenvalue weighted by Gasteiger charge is 2.08. The van der Waals surface area contributed by atoms with Crippen LogP contribution in [0.1, 0.15) is 56.4 Å². The molecule has 0 bridgehead atoms. The zero-order chi connectivity index (χ0) is 16.5. The third-order valence-corrected chi connectivity index (χ3v) is 4.30. The topological polar surface area (TPSA) is 56.9 Å². The Morgan fingerprint density at radius 2 is 2.05 bits per heavy atom. The standard InChI is InChI=1S/C17H29N3OS/c1-5-7-8-14(6-2)10-18-17(22)19-11-15-12(3)9-13(4)20-16(15)21/h9,14H,5-8,10-11H2,1-4H3,(H,20,21)(H2,18,19,22)/t14-/m0/s1. The molecule has 0 aliphatic rings. The van der Waals surface area contributed by atoms with Crippen molar-refractivity contribution in [2.75, 3.05) is 6.54 Å². The Labute approximate surface area is 139 Å². The Morgan fingerprint density at radius 1 is 1.32 bits per heavy atom. The van der Waals surface area contributed by atoms with E-state index in [1.165, 1.54) is 19.3 Å². The maximum absolute atomic E-state index is 11.9. The monoisotopic (exact) mass is 323 g/mol. The molecule has 0 saturated carbocycles. The van der Waals surface area contributed by atoms with Gasteiger partial charge in [0.25, 0.3) is 5.56 Å². The van der Waals surface area contributed by atoms with E-state index in [9.17, 15) is 4.79 Å². The van der Waals surface area contributed by atoms with Gasteiger partial charge in [-0.05, 0) is 50.0 Å². The van der Waals surface area contributed by atoms with Crippen LogP contribution in [0.2, 0.25) is 0 Å². The van der Waals surface area contributed by atoms with Crippen molar-refractivity contribution < 1.29 is 0 Å². The van der Waals surface area contributed by atoms with Gasteiger partial charge in [0.05, 0.1) is 0 Å². The molecular weight excluding hydrogens is 294 g/mol. The quantitative estimate of drug-likeness (QED) is 0.643. The third-order valence-electron chi connectivity index (χ3n) is 4.01. The number of H-pyrrole nitrogens is 1. The third kappa shape index (κ3) is 6.18. The van der Waals surface area contributed by atoms with Crippen LogP contribution in [0.25, 0.3) is 0 Å². The molecule has 124 valence electrons. The molecule has 0 fully saturated rings. The Morgan fingerprint density at radius 3 is 2.64 bits per heavy atom. The molecule has 1 aromatic rings. The number of thiocarbonyl (C=S) groups is 1. The number of aromatic amines is 1. The van der Waals surface area contributed by atoms with Crippen molar-refractivity contribution in [1.82, 2.24) is 15.6 Å². The lowest BCUT2D eigenvalue weighted by Crippen LogP contribution is -2.38. The number of rotatable bonds is 8. The van der Waals surface area contributed by atoms with Gasteiger partial charge in [0.1, 0.15) is 0 Å². The Bertz CT molecular complexity index is 539. The average Bonchev–Trinajstić information content (AvgIpc) is 2.46. The van der Waals surface area contributed by atoms with Gasteiger partial charge >= 0.3 is 0 Å². The number of hydrogen-bond acceptors (Lipinski definition) is 2. The van der Waals surface area contributed by atoms with Gasteiger partial charge in [-0.3, -0.25) is 4.79 Å². The van der Waals surface area contributed by atoms with Gasteiger partial charge in [-0.1, -0.05) is 33.1 Å². The first-order valence-electron chi connectivity index (χ1n) is 8.19. The largest absolute Gasteiger partial charge is 0.362 e. The molecule has 1 atom stereocenters. The summed E-state index contributed by atoms with van der Waals surface area (Å²) in [6, 6.07) is 1.98. The summed E-state index contributed by atoms with van der Waals surface area (Å²) in [5, 5.41) is 7.03. The summed E-state index contributed by atoms with van der Waals surface area (Å²) in [5.41, 5.74) is 2.58. The molecule has 0 radical (unpaired) electrons. The van der Waals surface area contributed by atoms with E-state index in [1.807, 2.05) is 19.9 Å². The van der Waals surface area contributed by atoms with Crippen LogP contribution in [0.4, 0.5) is 0 Å². The smallest absolute Gasteiger partial charge is 0.253 e. The van der Waals surface area contributed by atoms with E-state index in [-0.39, 0.29) is 5.56 Å². The number of aryl methyl sites for hydroxylation is 2.